The fraction of sp³-hybridized carbons (Fsp3) is 0.143. The lowest BCUT2D eigenvalue weighted by atomic mass is 10.2. The van der Waals surface area contributed by atoms with Crippen molar-refractivity contribution in [3.05, 3.63) is 52.8 Å². The lowest BCUT2D eigenvalue weighted by Gasteiger charge is -2.09. The molecule has 2 nitrogen and oxygen atoms in total. The van der Waals surface area contributed by atoms with Gasteiger partial charge >= 0.3 is 0 Å². The van der Waals surface area contributed by atoms with E-state index in [2.05, 4.69) is 0 Å². The van der Waals surface area contributed by atoms with Crippen LogP contribution in [0.5, 0.6) is 5.75 Å². The Morgan fingerprint density at radius 2 is 2.05 bits per heavy atom. The van der Waals surface area contributed by atoms with Gasteiger partial charge in [-0.3, -0.25) is 0 Å². The first kappa shape index (κ1) is 14.0. The molecule has 0 saturated carbocycles. The van der Waals surface area contributed by atoms with Crippen molar-refractivity contribution in [3.8, 4) is 5.75 Å². The van der Waals surface area contributed by atoms with Crippen LogP contribution < -0.4 is 10.5 Å². The van der Waals surface area contributed by atoms with Crippen LogP contribution in [0.1, 0.15) is 5.56 Å². The smallest absolute Gasteiger partial charge is 0.143 e. The number of benzene rings is 2. The van der Waals surface area contributed by atoms with Gasteiger partial charge in [-0.05, 0) is 17.7 Å². The molecule has 0 saturated heterocycles. The maximum Gasteiger partial charge on any atom is 0.143 e. The molecule has 0 fully saturated rings. The van der Waals surface area contributed by atoms with E-state index in [0.29, 0.717) is 27.1 Å². The average molecular weight is 298 g/mol. The van der Waals surface area contributed by atoms with Gasteiger partial charge in [0.1, 0.15) is 11.6 Å². The van der Waals surface area contributed by atoms with Crippen LogP contribution in [0, 0.1) is 5.82 Å². The van der Waals surface area contributed by atoms with Gasteiger partial charge in [0.15, 0.2) is 0 Å². The molecular formula is C14H13ClFNOS. The van der Waals surface area contributed by atoms with Crippen molar-refractivity contribution in [3.63, 3.8) is 0 Å². The molecule has 0 atom stereocenters. The second-order valence-electron chi connectivity index (χ2n) is 3.90. The first-order valence-electron chi connectivity index (χ1n) is 5.61. The molecule has 2 rings (SSSR count). The zero-order chi connectivity index (χ0) is 13.8. The SMILES string of the molecule is COc1cc(SCc2ccccc2Cl)c(F)cc1N. The summed E-state index contributed by atoms with van der Waals surface area (Å²) in [5, 5.41) is 0.679. The number of nitrogens with two attached hydrogens (primary N) is 1. The van der Waals surface area contributed by atoms with E-state index in [1.165, 1.54) is 24.9 Å². The van der Waals surface area contributed by atoms with E-state index in [9.17, 15) is 4.39 Å². The summed E-state index contributed by atoms with van der Waals surface area (Å²) in [6, 6.07) is 10.4. The highest BCUT2D eigenvalue weighted by Gasteiger charge is 2.10. The normalized spacial score (nSPS) is 10.5. The number of anilines is 1. The van der Waals surface area contributed by atoms with Gasteiger partial charge in [-0.2, -0.15) is 0 Å². The molecule has 0 heterocycles. The van der Waals surface area contributed by atoms with E-state index < -0.39 is 0 Å². The molecule has 0 aromatic heterocycles. The van der Waals surface area contributed by atoms with Gasteiger partial charge in [0.25, 0.3) is 0 Å². The number of ether oxygens (including phenoxy) is 1. The molecule has 19 heavy (non-hydrogen) atoms. The van der Waals surface area contributed by atoms with E-state index in [0.717, 1.165) is 5.56 Å². The highest BCUT2D eigenvalue weighted by atomic mass is 35.5. The molecule has 0 bridgehead atoms. The molecule has 0 aliphatic carbocycles. The summed E-state index contributed by atoms with van der Waals surface area (Å²) in [6.45, 7) is 0. The number of nitrogen functional groups attached to an aromatic ring is 1. The maximum absolute atomic E-state index is 13.8. The molecule has 0 aliphatic heterocycles. The molecule has 2 aromatic rings. The molecule has 2 aromatic carbocycles. The summed E-state index contributed by atoms with van der Waals surface area (Å²) in [7, 11) is 1.51. The first-order chi connectivity index (χ1) is 9.11. The molecule has 0 spiro atoms. The molecule has 100 valence electrons. The van der Waals surface area contributed by atoms with E-state index in [-0.39, 0.29) is 5.82 Å². The minimum Gasteiger partial charge on any atom is -0.495 e. The van der Waals surface area contributed by atoms with E-state index in [1.54, 1.807) is 6.07 Å². The second-order valence-corrected chi connectivity index (χ2v) is 5.33. The minimum absolute atomic E-state index is 0.294. The van der Waals surface area contributed by atoms with Crippen molar-refractivity contribution in [2.75, 3.05) is 12.8 Å². The van der Waals surface area contributed by atoms with Crippen molar-refractivity contribution < 1.29 is 9.13 Å². The third-order valence-corrected chi connectivity index (χ3v) is 4.07. The lowest BCUT2D eigenvalue weighted by molar-refractivity contribution is 0.414. The van der Waals surface area contributed by atoms with Crippen molar-refractivity contribution in [1.82, 2.24) is 0 Å². The van der Waals surface area contributed by atoms with Crippen molar-refractivity contribution in [2.24, 2.45) is 0 Å². The molecular weight excluding hydrogens is 285 g/mol. The topological polar surface area (TPSA) is 35.2 Å². The second kappa shape index (κ2) is 6.17. The van der Waals surface area contributed by atoms with Crippen LogP contribution in [-0.4, -0.2) is 7.11 Å². The van der Waals surface area contributed by atoms with Crippen LogP contribution in [0.2, 0.25) is 5.02 Å². The molecule has 0 amide bonds. The zero-order valence-corrected chi connectivity index (χ0v) is 11.9. The first-order valence-corrected chi connectivity index (χ1v) is 6.97. The van der Waals surface area contributed by atoms with Gasteiger partial charge in [-0.1, -0.05) is 29.8 Å². The quantitative estimate of drug-likeness (QED) is 0.672. The number of methoxy groups -OCH3 is 1. The van der Waals surface area contributed by atoms with Crippen molar-refractivity contribution in [2.45, 2.75) is 10.6 Å². The Labute approximate surface area is 120 Å². The summed E-state index contributed by atoms with van der Waals surface area (Å²) in [5.74, 6) is 0.710. The van der Waals surface area contributed by atoms with Gasteiger partial charge in [0.05, 0.1) is 12.8 Å². The summed E-state index contributed by atoms with van der Waals surface area (Å²) >= 11 is 7.42. The Hall–Kier alpha value is -1.39. The molecule has 0 aliphatic rings. The third kappa shape index (κ3) is 3.33. The molecule has 2 N–H and O–H groups in total. The van der Waals surface area contributed by atoms with Gasteiger partial charge in [-0.25, -0.2) is 4.39 Å². The number of halogens is 2. The number of hydrogen-bond donors (Lipinski definition) is 1. The van der Waals surface area contributed by atoms with Crippen LogP contribution in [0.3, 0.4) is 0 Å². The van der Waals surface area contributed by atoms with Crippen molar-refractivity contribution in [1.29, 1.82) is 0 Å². The van der Waals surface area contributed by atoms with E-state index in [4.69, 9.17) is 22.1 Å². The minimum atomic E-state index is -0.352. The van der Waals surface area contributed by atoms with Gasteiger partial charge in [0, 0.05) is 21.7 Å². The summed E-state index contributed by atoms with van der Waals surface area (Å²) in [5.41, 5.74) is 6.89. The van der Waals surface area contributed by atoms with Crippen LogP contribution in [0.15, 0.2) is 41.3 Å². The van der Waals surface area contributed by atoms with Crippen LogP contribution in [0.4, 0.5) is 10.1 Å². The van der Waals surface area contributed by atoms with Crippen LogP contribution >= 0.6 is 23.4 Å². The Morgan fingerprint density at radius 3 is 2.74 bits per heavy atom. The highest BCUT2D eigenvalue weighted by Crippen LogP contribution is 2.33. The summed E-state index contributed by atoms with van der Waals surface area (Å²) in [6.07, 6.45) is 0. The van der Waals surface area contributed by atoms with Gasteiger partial charge < -0.3 is 10.5 Å². The van der Waals surface area contributed by atoms with E-state index >= 15 is 0 Å². The predicted octanol–water partition coefficient (Wildman–Crippen LogP) is 4.36. The van der Waals surface area contributed by atoms with Gasteiger partial charge in [-0.15, -0.1) is 11.8 Å². The average Bonchev–Trinajstić information content (AvgIpc) is 2.39. The Balaban J connectivity index is 2.18. The largest absolute Gasteiger partial charge is 0.495 e. The fourth-order valence-electron chi connectivity index (χ4n) is 1.61. The molecule has 0 radical (unpaired) electrons. The van der Waals surface area contributed by atoms with Crippen molar-refractivity contribution >= 4 is 29.1 Å². The van der Waals surface area contributed by atoms with Gasteiger partial charge in [0.2, 0.25) is 0 Å². The monoisotopic (exact) mass is 297 g/mol. The number of hydrogen-bond acceptors (Lipinski definition) is 3. The van der Waals surface area contributed by atoms with E-state index in [1.807, 2.05) is 24.3 Å². The standard InChI is InChI=1S/C14H13ClFNOS/c1-18-13-7-14(11(16)6-12(13)17)19-8-9-4-2-3-5-10(9)15/h2-7H,8,17H2,1H3. The maximum atomic E-state index is 13.8. The van der Waals surface area contributed by atoms with Crippen LogP contribution in [-0.2, 0) is 5.75 Å². The highest BCUT2D eigenvalue weighted by molar-refractivity contribution is 7.98. The molecule has 5 heteroatoms. The van der Waals surface area contributed by atoms with Crippen LogP contribution in [0.25, 0.3) is 0 Å². The number of rotatable bonds is 4. The Bertz CT molecular complexity index is 592. The number of thioether (sulfide) groups is 1. The Morgan fingerprint density at radius 1 is 1.32 bits per heavy atom. The fourth-order valence-corrected chi connectivity index (χ4v) is 2.84. The summed E-state index contributed by atoms with van der Waals surface area (Å²) in [4.78, 5) is 0.492. The Kier molecular flexibility index (Phi) is 4.56. The lowest BCUT2D eigenvalue weighted by Crippen LogP contribution is -1.95. The predicted molar refractivity (Wildman–Crippen MR) is 78.4 cm³/mol. The zero-order valence-electron chi connectivity index (χ0n) is 10.3. The third-order valence-electron chi connectivity index (χ3n) is 2.63. The summed E-state index contributed by atoms with van der Waals surface area (Å²) < 4.78 is 18.9. The molecule has 0 unspecified atom stereocenters.